The minimum Gasteiger partial charge on any atom is -0.497 e. The van der Waals surface area contributed by atoms with E-state index in [0.29, 0.717) is 5.11 Å². The van der Waals surface area contributed by atoms with E-state index in [1.807, 2.05) is 12.1 Å². The molecule has 0 fully saturated rings. The van der Waals surface area contributed by atoms with Crippen LogP contribution < -0.4 is 21.4 Å². The maximum Gasteiger partial charge on any atom is 0.201 e. The molecule has 4 N–H and O–H groups in total. The molecular formula is C12H16N4OS. The zero-order valence-electron chi connectivity index (χ0n) is 10.2. The lowest BCUT2D eigenvalue weighted by Crippen LogP contribution is -2.37. The summed E-state index contributed by atoms with van der Waals surface area (Å²) in [5, 5.41) is 4.60. The van der Waals surface area contributed by atoms with Gasteiger partial charge in [0, 0.05) is 5.56 Å². The van der Waals surface area contributed by atoms with Gasteiger partial charge in [-0.15, -0.1) is 0 Å². The number of methoxy groups -OCH3 is 1. The van der Waals surface area contributed by atoms with E-state index in [9.17, 15) is 0 Å². The van der Waals surface area contributed by atoms with Crippen molar-refractivity contribution in [2.45, 2.75) is 19.3 Å². The monoisotopic (exact) mass is 264 g/mol. The highest BCUT2D eigenvalue weighted by molar-refractivity contribution is 7.80. The third kappa shape index (κ3) is 2.77. The smallest absolute Gasteiger partial charge is 0.201 e. The maximum absolute atomic E-state index is 5.23. The van der Waals surface area contributed by atoms with E-state index < -0.39 is 0 Å². The van der Waals surface area contributed by atoms with Crippen LogP contribution in [0.5, 0.6) is 5.75 Å². The fraction of sp³-hybridized carbons (Fsp3) is 0.333. The van der Waals surface area contributed by atoms with Gasteiger partial charge in [-0.3, -0.25) is 10.9 Å². The van der Waals surface area contributed by atoms with Gasteiger partial charge in [-0.25, -0.2) is 5.84 Å². The molecule has 5 nitrogen and oxygen atoms in total. The first-order valence-corrected chi connectivity index (χ1v) is 6.16. The highest BCUT2D eigenvalue weighted by atomic mass is 32.1. The molecule has 1 aliphatic rings. The Kier molecular flexibility index (Phi) is 4.11. The number of hydrogen-bond acceptors (Lipinski definition) is 4. The number of nitrogens with one attached hydrogen (secondary N) is 2. The minimum atomic E-state index is 0.308. The fourth-order valence-corrected chi connectivity index (χ4v) is 2.08. The predicted octanol–water partition coefficient (Wildman–Crippen LogP) is 1.07. The molecule has 1 aromatic carbocycles. The molecule has 96 valence electrons. The van der Waals surface area contributed by atoms with Crippen molar-refractivity contribution in [3.05, 3.63) is 29.3 Å². The first-order valence-electron chi connectivity index (χ1n) is 5.75. The van der Waals surface area contributed by atoms with Crippen LogP contribution in [0, 0.1) is 0 Å². The molecule has 1 aliphatic carbocycles. The molecule has 0 saturated carbocycles. The van der Waals surface area contributed by atoms with Crippen LogP contribution >= 0.6 is 12.2 Å². The van der Waals surface area contributed by atoms with Crippen LogP contribution in [0.2, 0.25) is 0 Å². The number of nitrogens with zero attached hydrogens (tertiary/aromatic N) is 1. The van der Waals surface area contributed by atoms with Crippen LogP contribution in [0.4, 0.5) is 0 Å². The van der Waals surface area contributed by atoms with Gasteiger partial charge in [0.1, 0.15) is 5.75 Å². The normalized spacial score (nSPS) is 16.0. The Morgan fingerprint density at radius 2 is 2.28 bits per heavy atom. The summed E-state index contributed by atoms with van der Waals surface area (Å²) in [5.74, 6) is 6.06. The van der Waals surface area contributed by atoms with Gasteiger partial charge in [0.15, 0.2) is 0 Å². The summed E-state index contributed by atoms with van der Waals surface area (Å²) in [5.41, 5.74) is 8.47. The lowest BCUT2D eigenvalue weighted by molar-refractivity contribution is 0.414. The van der Waals surface area contributed by atoms with Crippen molar-refractivity contribution < 1.29 is 4.74 Å². The third-order valence-corrected chi connectivity index (χ3v) is 3.12. The first-order chi connectivity index (χ1) is 8.74. The van der Waals surface area contributed by atoms with Crippen molar-refractivity contribution >= 4 is 23.0 Å². The van der Waals surface area contributed by atoms with Crippen molar-refractivity contribution in [3.8, 4) is 5.75 Å². The zero-order chi connectivity index (χ0) is 13.0. The summed E-state index contributed by atoms with van der Waals surface area (Å²) < 4.78 is 5.23. The zero-order valence-corrected chi connectivity index (χ0v) is 11.0. The molecule has 0 aromatic heterocycles. The van der Waals surface area contributed by atoms with Gasteiger partial charge < -0.3 is 4.74 Å². The Bertz CT molecular complexity index is 487. The quantitative estimate of drug-likeness (QED) is 0.423. The van der Waals surface area contributed by atoms with Gasteiger partial charge in [0.2, 0.25) is 5.11 Å². The predicted molar refractivity (Wildman–Crippen MR) is 75.5 cm³/mol. The van der Waals surface area contributed by atoms with Gasteiger partial charge in [-0.2, -0.15) is 5.10 Å². The summed E-state index contributed by atoms with van der Waals surface area (Å²) >= 11 is 4.89. The van der Waals surface area contributed by atoms with Crippen LogP contribution in [-0.2, 0) is 6.42 Å². The molecule has 0 radical (unpaired) electrons. The lowest BCUT2D eigenvalue weighted by atomic mass is 9.90. The molecule has 0 heterocycles. The van der Waals surface area contributed by atoms with Gasteiger partial charge in [0.05, 0.1) is 12.8 Å². The van der Waals surface area contributed by atoms with Crippen molar-refractivity contribution in [2.24, 2.45) is 10.9 Å². The maximum atomic E-state index is 5.23. The Morgan fingerprint density at radius 1 is 1.44 bits per heavy atom. The largest absolute Gasteiger partial charge is 0.497 e. The molecule has 0 spiro atoms. The number of nitrogens with two attached hydrogens (primary N) is 1. The third-order valence-electron chi connectivity index (χ3n) is 2.91. The number of fused-ring (bicyclic) bond motifs is 1. The number of hydrazone groups is 1. The molecule has 2 rings (SSSR count). The van der Waals surface area contributed by atoms with Gasteiger partial charge >= 0.3 is 0 Å². The van der Waals surface area contributed by atoms with Crippen LogP contribution in [-0.4, -0.2) is 17.9 Å². The highest BCUT2D eigenvalue weighted by Crippen LogP contribution is 2.25. The number of hydrogen-bond donors (Lipinski definition) is 3. The highest BCUT2D eigenvalue weighted by Gasteiger charge is 2.16. The van der Waals surface area contributed by atoms with Crippen molar-refractivity contribution in [3.63, 3.8) is 0 Å². The molecule has 6 heteroatoms. The average molecular weight is 264 g/mol. The van der Waals surface area contributed by atoms with Crippen LogP contribution in [0.3, 0.4) is 0 Å². The summed E-state index contributed by atoms with van der Waals surface area (Å²) in [7, 11) is 1.67. The molecule has 18 heavy (non-hydrogen) atoms. The molecule has 0 aliphatic heterocycles. The molecule has 0 atom stereocenters. The van der Waals surface area contributed by atoms with E-state index >= 15 is 0 Å². The van der Waals surface area contributed by atoms with E-state index in [1.54, 1.807) is 7.11 Å². The Morgan fingerprint density at radius 3 is 3.00 bits per heavy atom. The van der Waals surface area contributed by atoms with Crippen molar-refractivity contribution in [1.82, 2.24) is 10.9 Å². The Hall–Kier alpha value is -1.66. The molecular weight excluding hydrogens is 248 g/mol. The minimum absolute atomic E-state index is 0.308. The summed E-state index contributed by atoms with van der Waals surface area (Å²) in [6.07, 6.45) is 3.05. The molecule has 0 unspecified atom stereocenters. The average Bonchev–Trinajstić information content (AvgIpc) is 2.43. The van der Waals surface area contributed by atoms with Crippen LogP contribution in [0.1, 0.15) is 24.0 Å². The lowest BCUT2D eigenvalue weighted by Gasteiger charge is -2.18. The number of ether oxygens (including phenoxy) is 1. The summed E-state index contributed by atoms with van der Waals surface area (Å²) in [6, 6.07) is 6.04. The second-order valence-corrected chi connectivity index (χ2v) is 4.43. The summed E-state index contributed by atoms with van der Waals surface area (Å²) in [4.78, 5) is 0. The van der Waals surface area contributed by atoms with E-state index in [2.05, 4.69) is 22.0 Å². The summed E-state index contributed by atoms with van der Waals surface area (Å²) in [6.45, 7) is 0. The number of hydrazine groups is 1. The SMILES string of the molecule is COc1ccc2c(c1)CCC/C2=N\NC(=S)NN. The van der Waals surface area contributed by atoms with E-state index in [1.165, 1.54) is 5.56 Å². The second-order valence-electron chi connectivity index (χ2n) is 4.02. The van der Waals surface area contributed by atoms with E-state index in [4.69, 9.17) is 22.8 Å². The molecule has 1 aromatic rings. The van der Waals surface area contributed by atoms with Gasteiger partial charge in [-0.05, 0) is 55.2 Å². The number of rotatable bonds is 2. The Labute approximate surface area is 111 Å². The molecule has 0 bridgehead atoms. The van der Waals surface area contributed by atoms with E-state index in [0.717, 1.165) is 36.3 Å². The van der Waals surface area contributed by atoms with E-state index in [-0.39, 0.29) is 0 Å². The van der Waals surface area contributed by atoms with Gasteiger partial charge in [-0.1, -0.05) is 0 Å². The molecule has 0 amide bonds. The van der Waals surface area contributed by atoms with Crippen molar-refractivity contribution in [2.75, 3.05) is 7.11 Å². The first kappa shape index (κ1) is 12.8. The standard InChI is InChI=1S/C12H16N4OS/c1-17-9-5-6-10-8(7-9)3-2-4-11(10)15-16-12(18)14-13/h5-7H,2-4,13H2,1H3,(H2,14,16,18)/b15-11+. The molecule has 0 saturated heterocycles. The second kappa shape index (κ2) is 5.79. The van der Waals surface area contributed by atoms with Crippen LogP contribution in [0.15, 0.2) is 23.3 Å². The number of benzene rings is 1. The number of thiocarbonyl (C=S) groups is 1. The van der Waals surface area contributed by atoms with Crippen molar-refractivity contribution in [1.29, 1.82) is 0 Å². The van der Waals surface area contributed by atoms with Gasteiger partial charge in [0.25, 0.3) is 0 Å². The topological polar surface area (TPSA) is 71.7 Å². The number of aryl methyl sites for hydroxylation is 1. The van der Waals surface area contributed by atoms with Crippen LogP contribution in [0.25, 0.3) is 0 Å². The Balaban J connectivity index is 2.25. The fourth-order valence-electron chi connectivity index (χ4n) is 2.03.